The van der Waals surface area contributed by atoms with Crippen molar-refractivity contribution in [1.82, 2.24) is 20.0 Å². The first-order valence-corrected chi connectivity index (χ1v) is 7.61. The van der Waals surface area contributed by atoms with E-state index in [4.69, 9.17) is 4.42 Å². The highest BCUT2D eigenvalue weighted by Crippen LogP contribution is 2.10. The Balaban J connectivity index is 0.00000176. The number of fused-ring (bicyclic) bond motifs is 1. The summed E-state index contributed by atoms with van der Waals surface area (Å²) in [6.07, 6.45) is 6.54. The summed E-state index contributed by atoms with van der Waals surface area (Å²) in [7, 11) is 1.76. The minimum Gasteiger partial charge on any atom is -0.469 e. The van der Waals surface area contributed by atoms with E-state index in [9.17, 15) is 0 Å². The lowest BCUT2D eigenvalue weighted by Crippen LogP contribution is -2.37. The highest BCUT2D eigenvalue weighted by molar-refractivity contribution is 14.0. The molecule has 6 nitrogen and oxygen atoms in total. The molecule has 0 atom stereocenters. The molecule has 0 spiro atoms. The Labute approximate surface area is 149 Å². The summed E-state index contributed by atoms with van der Waals surface area (Å²) in [5.41, 5.74) is 0.996. The molecule has 3 aromatic rings. The van der Waals surface area contributed by atoms with Crippen LogP contribution >= 0.6 is 35.3 Å². The van der Waals surface area contributed by atoms with Crippen LogP contribution in [-0.4, -0.2) is 28.9 Å². The molecule has 0 aliphatic carbocycles. The summed E-state index contributed by atoms with van der Waals surface area (Å²) in [5, 5.41) is 8.53. The Hall–Kier alpha value is -1.55. The molecule has 0 radical (unpaired) electrons. The maximum atomic E-state index is 5.29. The number of furan rings is 1. The van der Waals surface area contributed by atoms with Gasteiger partial charge in [-0.05, 0) is 12.1 Å². The summed E-state index contributed by atoms with van der Waals surface area (Å²) in [6, 6.07) is 3.86. The van der Waals surface area contributed by atoms with E-state index in [1.54, 1.807) is 24.6 Å². The molecule has 0 saturated carbocycles. The number of nitrogens with zero attached hydrogens (tertiary/aromatic N) is 3. The van der Waals surface area contributed by atoms with Crippen LogP contribution in [0.25, 0.3) is 4.96 Å². The van der Waals surface area contributed by atoms with Crippen molar-refractivity contribution in [1.29, 1.82) is 0 Å². The van der Waals surface area contributed by atoms with E-state index >= 15 is 0 Å². The first-order valence-electron chi connectivity index (χ1n) is 6.73. The first-order chi connectivity index (χ1) is 10.3. The molecule has 0 aliphatic rings. The van der Waals surface area contributed by atoms with Crippen molar-refractivity contribution in [3.63, 3.8) is 0 Å². The van der Waals surface area contributed by atoms with Gasteiger partial charge in [0.05, 0.1) is 18.5 Å². The monoisotopic (exact) mass is 431 g/mol. The van der Waals surface area contributed by atoms with Gasteiger partial charge >= 0.3 is 0 Å². The van der Waals surface area contributed by atoms with Crippen LogP contribution in [0.3, 0.4) is 0 Å². The molecule has 118 valence electrons. The molecule has 0 bridgehead atoms. The van der Waals surface area contributed by atoms with Gasteiger partial charge in [-0.25, -0.2) is 4.98 Å². The zero-order valence-electron chi connectivity index (χ0n) is 12.2. The highest BCUT2D eigenvalue weighted by atomic mass is 127. The number of nitrogens with one attached hydrogen (secondary N) is 2. The number of aromatic nitrogens is 2. The van der Waals surface area contributed by atoms with Gasteiger partial charge in [0.15, 0.2) is 10.9 Å². The molecule has 0 fully saturated rings. The SMILES string of the molecule is CN=C(NCCc1ccco1)NCc1cn2ccsc2n1.I. The molecule has 22 heavy (non-hydrogen) atoms. The van der Waals surface area contributed by atoms with Crippen LogP contribution in [0, 0.1) is 0 Å². The average molecular weight is 431 g/mol. The van der Waals surface area contributed by atoms with Gasteiger partial charge < -0.3 is 15.1 Å². The molecule has 3 rings (SSSR count). The molecular weight excluding hydrogens is 413 g/mol. The van der Waals surface area contributed by atoms with E-state index in [0.717, 1.165) is 35.3 Å². The molecule has 0 saturated heterocycles. The van der Waals surface area contributed by atoms with Crippen molar-refractivity contribution in [2.45, 2.75) is 13.0 Å². The number of hydrogen-bond donors (Lipinski definition) is 2. The fourth-order valence-electron chi connectivity index (χ4n) is 2.02. The second kappa shape index (κ2) is 8.18. The van der Waals surface area contributed by atoms with E-state index in [1.165, 1.54) is 0 Å². The predicted octanol–water partition coefficient (Wildman–Crippen LogP) is 2.51. The molecule has 0 aromatic carbocycles. The molecule has 0 aliphatic heterocycles. The Morgan fingerprint density at radius 2 is 2.36 bits per heavy atom. The van der Waals surface area contributed by atoms with E-state index in [2.05, 4.69) is 20.6 Å². The van der Waals surface area contributed by atoms with Gasteiger partial charge in [0, 0.05) is 37.8 Å². The van der Waals surface area contributed by atoms with Crippen molar-refractivity contribution in [2.75, 3.05) is 13.6 Å². The smallest absolute Gasteiger partial charge is 0.193 e. The molecule has 0 amide bonds. The number of halogens is 1. The van der Waals surface area contributed by atoms with Gasteiger partial charge in [-0.2, -0.15) is 0 Å². The van der Waals surface area contributed by atoms with Gasteiger partial charge in [0.25, 0.3) is 0 Å². The van der Waals surface area contributed by atoms with Crippen LogP contribution in [0.15, 0.2) is 45.6 Å². The van der Waals surface area contributed by atoms with Crippen molar-refractivity contribution in [3.8, 4) is 0 Å². The summed E-state index contributed by atoms with van der Waals surface area (Å²) in [6.45, 7) is 1.42. The van der Waals surface area contributed by atoms with Crippen molar-refractivity contribution in [2.24, 2.45) is 4.99 Å². The zero-order valence-corrected chi connectivity index (χ0v) is 15.3. The summed E-state index contributed by atoms with van der Waals surface area (Å²) >= 11 is 1.63. The number of thiazole rings is 1. The van der Waals surface area contributed by atoms with E-state index in [-0.39, 0.29) is 24.0 Å². The lowest BCUT2D eigenvalue weighted by molar-refractivity contribution is 0.507. The fourth-order valence-corrected chi connectivity index (χ4v) is 2.73. The average Bonchev–Trinajstić information content (AvgIpc) is 3.18. The maximum absolute atomic E-state index is 5.29. The summed E-state index contributed by atoms with van der Waals surface area (Å²) in [4.78, 5) is 9.72. The Bertz CT molecular complexity index is 690. The van der Waals surface area contributed by atoms with Crippen molar-refractivity contribution in [3.05, 3.63) is 47.6 Å². The van der Waals surface area contributed by atoms with Crippen molar-refractivity contribution >= 4 is 46.2 Å². The normalized spacial score (nSPS) is 11.4. The second-order valence-corrected chi connectivity index (χ2v) is 5.38. The van der Waals surface area contributed by atoms with Gasteiger partial charge in [-0.15, -0.1) is 35.3 Å². The van der Waals surface area contributed by atoms with Crippen LogP contribution in [-0.2, 0) is 13.0 Å². The van der Waals surface area contributed by atoms with Crippen LogP contribution in [0.1, 0.15) is 11.5 Å². The van der Waals surface area contributed by atoms with Gasteiger partial charge in [0.2, 0.25) is 0 Å². The zero-order chi connectivity index (χ0) is 14.5. The molecule has 8 heteroatoms. The molecule has 2 N–H and O–H groups in total. The van der Waals surface area contributed by atoms with E-state index in [0.29, 0.717) is 6.54 Å². The van der Waals surface area contributed by atoms with Crippen LogP contribution < -0.4 is 10.6 Å². The standard InChI is InChI=1S/C14H17N5OS.HI/c1-15-13(16-5-4-12-3-2-7-20-12)17-9-11-10-19-6-8-21-14(19)18-11;/h2-3,6-8,10H,4-5,9H2,1H3,(H2,15,16,17);1H. The van der Waals surface area contributed by atoms with Crippen molar-refractivity contribution < 1.29 is 4.42 Å². The minimum atomic E-state index is 0. The minimum absolute atomic E-state index is 0. The first kappa shape index (κ1) is 16.8. The lowest BCUT2D eigenvalue weighted by atomic mass is 10.3. The predicted molar refractivity (Wildman–Crippen MR) is 99.1 cm³/mol. The van der Waals surface area contributed by atoms with Crippen LogP contribution in [0.2, 0.25) is 0 Å². The maximum Gasteiger partial charge on any atom is 0.193 e. The molecule has 0 unspecified atom stereocenters. The Kier molecular flexibility index (Phi) is 6.25. The molecular formula is C14H18IN5OS. The van der Waals surface area contributed by atoms with E-state index in [1.807, 2.05) is 34.3 Å². The lowest BCUT2D eigenvalue weighted by Gasteiger charge is -2.10. The quantitative estimate of drug-likeness (QED) is 0.370. The largest absolute Gasteiger partial charge is 0.469 e. The summed E-state index contributed by atoms with van der Waals surface area (Å²) in [5.74, 6) is 1.73. The fraction of sp³-hybridized carbons (Fsp3) is 0.286. The second-order valence-electron chi connectivity index (χ2n) is 4.51. The number of hydrogen-bond acceptors (Lipinski definition) is 4. The van der Waals surface area contributed by atoms with Gasteiger partial charge in [0.1, 0.15) is 5.76 Å². The Morgan fingerprint density at radius 1 is 1.45 bits per heavy atom. The highest BCUT2D eigenvalue weighted by Gasteiger charge is 2.04. The van der Waals surface area contributed by atoms with Gasteiger partial charge in [-0.3, -0.25) is 9.39 Å². The third kappa shape index (κ3) is 4.23. The van der Waals surface area contributed by atoms with E-state index < -0.39 is 0 Å². The third-order valence-corrected chi connectivity index (χ3v) is 3.82. The number of imidazole rings is 1. The Morgan fingerprint density at radius 3 is 3.09 bits per heavy atom. The number of aliphatic imine (C=N–C) groups is 1. The van der Waals surface area contributed by atoms with Crippen LogP contribution in [0.5, 0.6) is 0 Å². The van der Waals surface area contributed by atoms with Gasteiger partial charge in [-0.1, -0.05) is 0 Å². The molecule has 3 heterocycles. The van der Waals surface area contributed by atoms with Crippen LogP contribution in [0.4, 0.5) is 0 Å². The topological polar surface area (TPSA) is 66.9 Å². The summed E-state index contributed by atoms with van der Waals surface area (Å²) < 4.78 is 7.31. The number of guanidine groups is 1. The third-order valence-electron chi connectivity index (χ3n) is 3.05. The number of rotatable bonds is 5. The molecule has 3 aromatic heterocycles.